The Morgan fingerprint density at radius 3 is 2.68 bits per heavy atom. The van der Waals surface area contributed by atoms with Crippen LogP contribution in [-0.4, -0.2) is 18.6 Å². The van der Waals surface area contributed by atoms with Gasteiger partial charge < -0.3 is 15.8 Å². The van der Waals surface area contributed by atoms with Crippen LogP contribution in [0.5, 0.6) is 5.75 Å². The summed E-state index contributed by atoms with van der Waals surface area (Å²) in [6.45, 7) is 4.49. The lowest BCUT2D eigenvalue weighted by molar-refractivity contribution is -0.123. The molecule has 1 aromatic rings. The van der Waals surface area contributed by atoms with Crippen LogP contribution in [0.25, 0.3) is 0 Å². The maximum Gasteiger partial charge on any atom is 0.258 e. The number of nitrogens with one attached hydrogen (secondary N) is 1. The minimum atomic E-state index is -0.104. The zero-order chi connectivity index (χ0) is 14.3. The molecule has 19 heavy (non-hydrogen) atoms. The van der Waals surface area contributed by atoms with Crippen molar-refractivity contribution in [3.63, 3.8) is 0 Å². The average Bonchev–Trinajstić information content (AvgIpc) is 2.43. The highest BCUT2D eigenvalue weighted by molar-refractivity contribution is 9.10. The molecule has 0 radical (unpaired) electrons. The summed E-state index contributed by atoms with van der Waals surface area (Å²) in [7, 11) is 0. The molecule has 5 heteroatoms. The van der Waals surface area contributed by atoms with E-state index in [1.54, 1.807) is 0 Å². The molecule has 0 aliphatic heterocycles. The Morgan fingerprint density at radius 1 is 1.42 bits per heavy atom. The summed E-state index contributed by atoms with van der Waals surface area (Å²) in [6.07, 6.45) is 1.84. The van der Waals surface area contributed by atoms with Crippen LogP contribution in [0.3, 0.4) is 0 Å². The summed E-state index contributed by atoms with van der Waals surface area (Å²) in [5.41, 5.74) is 6.53. The molecule has 4 nitrogen and oxygen atoms in total. The monoisotopic (exact) mass is 328 g/mol. The molecule has 0 aliphatic carbocycles. The topological polar surface area (TPSA) is 64.3 Å². The highest BCUT2D eigenvalue weighted by Crippen LogP contribution is 2.28. The van der Waals surface area contributed by atoms with Crippen molar-refractivity contribution in [3.05, 3.63) is 28.2 Å². The van der Waals surface area contributed by atoms with Crippen molar-refractivity contribution >= 4 is 21.8 Å². The van der Waals surface area contributed by atoms with Crippen LogP contribution in [0.2, 0.25) is 0 Å². The van der Waals surface area contributed by atoms with Crippen LogP contribution < -0.4 is 15.8 Å². The molecule has 0 saturated carbocycles. The molecular weight excluding hydrogens is 308 g/mol. The number of rotatable bonds is 7. The van der Waals surface area contributed by atoms with Gasteiger partial charge in [-0.2, -0.15) is 0 Å². The van der Waals surface area contributed by atoms with Crippen LogP contribution in [0.1, 0.15) is 32.3 Å². The maximum absolute atomic E-state index is 11.8. The molecule has 0 aromatic heterocycles. The van der Waals surface area contributed by atoms with Gasteiger partial charge in [-0.15, -0.1) is 0 Å². The van der Waals surface area contributed by atoms with E-state index >= 15 is 0 Å². The number of hydrogen-bond donors (Lipinski definition) is 2. The maximum atomic E-state index is 11.8. The van der Waals surface area contributed by atoms with E-state index in [0.717, 1.165) is 22.9 Å². The number of benzene rings is 1. The first-order chi connectivity index (χ1) is 9.12. The number of para-hydroxylation sites is 1. The van der Waals surface area contributed by atoms with Crippen molar-refractivity contribution in [1.82, 2.24) is 5.32 Å². The number of carbonyl (C=O) groups is 1. The molecule has 0 bridgehead atoms. The van der Waals surface area contributed by atoms with E-state index in [-0.39, 0.29) is 18.6 Å². The van der Waals surface area contributed by atoms with Gasteiger partial charge in [-0.1, -0.05) is 26.0 Å². The molecule has 3 N–H and O–H groups in total. The Balaban J connectivity index is 2.59. The average molecular weight is 329 g/mol. The van der Waals surface area contributed by atoms with E-state index in [0.29, 0.717) is 12.3 Å². The van der Waals surface area contributed by atoms with Gasteiger partial charge in [0.2, 0.25) is 0 Å². The molecule has 0 aliphatic rings. The second kappa shape index (κ2) is 8.17. The Hall–Kier alpha value is -1.07. The fourth-order valence-corrected chi connectivity index (χ4v) is 2.30. The molecule has 0 atom stereocenters. The predicted molar refractivity (Wildman–Crippen MR) is 80.0 cm³/mol. The third-order valence-electron chi connectivity index (χ3n) is 2.97. The van der Waals surface area contributed by atoms with Crippen LogP contribution in [0.4, 0.5) is 0 Å². The zero-order valence-electron chi connectivity index (χ0n) is 11.4. The highest BCUT2D eigenvalue weighted by atomic mass is 79.9. The second-order valence-corrected chi connectivity index (χ2v) is 5.16. The van der Waals surface area contributed by atoms with Gasteiger partial charge in [0.05, 0.1) is 4.47 Å². The first-order valence-corrected chi connectivity index (χ1v) is 7.31. The fraction of sp³-hybridized carbons (Fsp3) is 0.500. The Labute approximate surface area is 122 Å². The first-order valence-electron chi connectivity index (χ1n) is 6.51. The van der Waals surface area contributed by atoms with Crippen molar-refractivity contribution in [2.45, 2.75) is 39.3 Å². The first kappa shape index (κ1) is 16.0. The fourth-order valence-electron chi connectivity index (χ4n) is 1.78. The van der Waals surface area contributed by atoms with Crippen LogP contribution in [0, 0.1) is 0 Å². The van der Waals surface area contributed by atoms with Crippen molar-refractivity contribution in [1.29, 1.82) is 0 Å². The van der Waals surface area contributed by atoms with Gasteiger partial charge >= 0.3 is 0 Å². The molecule has 1 amide bonds. The largest absolute Gasteiger partial charge is 0.482 e. The Bertz CT molecular complexity index is 420. The van der Waals surface area contributed by atoms with Crippen LogP contribution >= 0.6 is 15.9 Å². The normalized spacial score (nSPS) is 10.6. The molecule has 0 spiro atoms. The van der Waals surface area contributed by atoms with E-state index < -0.39 is 0 Å². The summed E-state index contributed by atoms with van der Waals surface area (Å²) in [6, 6.07) is 5.86. The summed E-state index contributed by atoms with van der Waals surface area (Å²) in [5.74, 6) is 0.539. The van der Waals surface area contributed by atoms with Gasteiger partial charge in [0.15, 0.2) is 6.61 Å². The van der Waals surface area contributed by atoms with Gasteiger partial charge in [-0.05, 0) is 34.8 Å². The van der Waals surface area contributed by atoms with Gasteiger partial charge in [0.25, 0.3) is 5.91 Å². The van der Waals surface area contributed by atoms with Crippen molar-refractivity contribution in [3.8, 4) is 5.75 Å². The molecule has 106 valence electrons. The van der Waals surface area contributed by atoms with Gasteiger partial charge in [0.1, 0.15) is 5.75 Å². The summed E-state index contributed by atoms with van der Waals surface area (Å²) >= 11 is 3.40. The predicted octanol–water partition coefficient (Wildman–Crippen LogP) is 2.59. The van der Waals surface area contributed by atoms with Crippen molar-refractivity contribution in [2.75, 3.05) is 6.61 Å². The number of carbonyl (C=O) groups excluding carboxylic acids is 1. The SMILES string of the molecule is CCC(CC)NC(=O)COc1c(Br)cccc1CN. The summed E-state index contributed by atoms with van der Waals surface area (Å²) in [5, 5.41) is 2.93. The van der Waals surface area contributed by atoms with Crippen LogP contribution in [0.15, 0.2) is 22.7 Å². The van der Waals surface area contributed by atoms with Crippen molar-refractivity contribution in [2.24, 2.45) is 5.73 Å². The van der Waals surface area contributed by atoms with Gasteiger partial charge in [0, 0.05) is 18.2 Å². The van der Waals surface area contributed by atoms with Crippen molar-refractivity contribution < 1.29 is 9.53 Å². The van der Waals surface area contributed by atoms with E-state index in [4.69, 9.17) is 10.5 Å². The lowest BCUT2D eigenvalue weighted by atomic mass is 10.2. The lowest BCUT2D eigenvalue weighted by Crippen LogP contribution is -2.37. The third kappa shape index (κ3) is 4.84. The number of hydrogen-bond acceptors (Lipinski definition) is 3. The minimum Gasteiger partial charge on any atom is -0.482 e. The molecular formula is C14H21BrN2O2. The quantitative estimate of drug-likeness (QED) is 0.808. The molecule has 1 rings (SSSR count). The van der Waals surface area contributed by atoms with Gasteiger partial charge in [-0.25, -0.2) is 0 Å². The molecule has 0 fully saturated rings. The van der Waals surface area contributed by atoms with E-state index in [2.05, 4.69) is 35.1 Å². The van der Waals surface area contributed by atoms with Crippen LogP contribution in [-0.2, 0) is 11.3 Å². The zero-order valence-corrected chi connectivity index (χ0v) is 13.0. The molecule has 1 aromatic carbocycles. The number of nitrogens with two attached hydrogens (primary N) is 1. The standard InChI is InChI=1S/C14H21BrN2O2/c1-3-11(4-2)17-13(18)9-19-14-10(8-16)6-5-7-12(14)15/h5-7,11H,3-4,8-9,16H2,1-2H3,(H,17,18). The van der Waals surface area contributed by atoms with E-state index in [1.165, 1.54) is 0 Å². The smallest absolute Gasteiger partial charge is 0.258 e. The highest BCUT2D eigenvalue weighted by Gasteiger charge is 2.12. The number of ether oxygens (including phenoxy) is 1. The molecule has 0 saturated heterocycles. The minimum absolute atomic E-state index is 0.00606. The Morgan fingerprint density at radius 2 is 2.11 bits per heavy atom. The Kier molecular flexibility index (Phi) is 6.87. The van der Waals surface area contributed by atoms with Gasteiger partial charge in [-0.3, -0.25) is 4.79 Å². The lowest BCUT2D eigenvalue weighted by Gasteiger charge is -2.16. The third-order valence-corrected chi connectivity index (χ3v) is 3.59. The summed E-state index contributed by atoms with van der Waals surface area (Å²) < 4.78 is 6.38. The molecule has 0 heterocycles. The molecule has 0 unspecified atom stereocenters. The number of amides is 1. The number of halogens is 1. The second-order valence-electron chi connectivity index (χ2n) is 4.30. The summed E-state index contributed by atoms with van der Waals surface area (Å²) in [4.78, 5) is 11.8. The van der Waals surface area contributed by atoms with E-state index in [9.17, 15) is 4.79 Å². The van der Waals surface area contributed by atoms with E-state index in [1.807, 2.05) is 18.2 Å².